The Morgan fingerprint density at radius 2 is 2.24 bits per heavy atom. The SMILES string of the molecule is Cc1cccc(C(CBr)Cc2cnn(C)c2)c1. The Morgan fingerprint density at radius 1 is 1.41 bits per heavy atom. The molecule has 0 amide bonds. The number of benzene rings is 1. The molecule has 0 spiro atoms. The largest absolute Gasteiger partial charge is 0.276 e. The van der Waals surface area contributed by atoms with Crippen LogP contribution in [-0.4, -0.2) is 15.1 Å². The Kier molecular flexibility index (Phi) is 4.00. The van der Waals surface area contributed by atoms with Crippen LogP contribution in [0.4, 0.5) is 0 Å². The summed E-state index contributed by atoms with van der Waals surface area (Å²) >= 11 is 3.61. The van der Waals surface area contributed by atoms with E-state index in [0.29, 0.717) is 5.92 Å². The van der Waals surface area contributed by atoms with Gasteiger partial charge in [0.1, 0.15) is 0 Å². The summed E-state index contributed by atoms with van der Waals surface area (Å²) in [6.45, 7) is 2.14. The normalized spacial score (nSPS) is 12.6. The van der Waals surface area contributed by atoms with Gasteiger partial charge in [-0.2, -0.15) is 5.10 Å². The van der Waals surface area contributed by atoms with Gasteiger partial charge < -0.3 is 0 Å². The van der Waals surface area contributed by atoms with Gasteiger partial charge in [-0.15, -0.1) is 0 Å². The second kappa shape index (κ2) is 5.50. The maximum absolute atomic E-state index is 4.22. The molecule has 17 heavy (non-hydrogen) atoms. The van der Waals surface area contributed by atoms with Crippen molar-refractivity contribution in [1.29, 1.82) is 0 Å². The number of aryl methyl sites for hydroxylation is 2. The van der Waals surface area contributed by atoms with Crippen LogP contribution in [0, 0.1) is 6.92 Å². The molecule has 1 aromatic heterocycles. The third-order valence-corrected chi connectivity index (χ3v) is 3.72. The lowest BCUT2D eigenvalue weighted by Gasteiger charge is -2.14. The lowest BCUT2D eigenvalue weighted by atomic mass is 9.94. The molecule has 1 heterocycles. The van der Waals surface area contributed by atoms with Crippen LogP contribution in [0.1, 0.15) is 22.6 Å². The smallest absolute Gasteiger partial charge is 0.0521 e. The van der Waals surface area contributed by atoms with E-state index in [0.717, 1.165) is 11.8 Å². The Balaban J connectivity index is 2.16. The monoisotopic (exact) mass is 292 g/mol. The van der Waals surface area contributed by atoms with Gasteiger partial charge in [0.05, 0.1) is 6.20 Å². The molecule has 1 aromatic carbocycles. The van der Waals surface area contributed by atoms with Crippen molar-refractivity contribution in [3.8, 4) is 0 Å². The fraction of sp³-hybridized carbons (Fsp3) is 0.357. The van der Waals surface area contributed by atoms with Crippen molar-refractivity contribution in [2.45, 2.75) is 19.3 Å². The molecule has 0 radical (unpaired) electrons. The highest BCUT2D eigenvalue weighted by Gasteiger charge is 2.12. The molecule has 0 aliphatic carbocycles. The molecule has 2 aromatic rings. The summed E-state index contributed by atoms with van der Waals surface area (Å²) in [5.74, 6) is 0.513. The zero-order chi connectivity index (χ0) is 12.3. The Bertz CT molecular complexity index is 490. The van der Waals surface area contributed by atoms with Crippen LogP contribution < -0.4 is 0 Å². The number of hydrogen-bond acceptors (Lipinski definition) is 1. The number of rotatable bonds is 4. The Labute approximate surface area is 111 Å². The van der Waals surface area contributed by atoms with Gasteiger partial charge in [0.25, 0.3) is 0 Å². The van der Waals surface area contributed by atoms with Crippen LogP contribution in [0.3, 0.4) is 0 Å². The third kappa shape index (κ3) is 3.19. The molecule has 0 saturated carbocycles. The number of halogens is 1. The van der Waals surface area contributed by atoms with E-state index in [1.54, 1.807) is 0 Å². The van der Waals surface area contributed by atoms with Crippen LogP contribution in [0.5, 0.6) is 0 Å². The molecule has 90 valence electrons. The average Bonchev–Trinajstić information content (AvgIpc) is 2.72. The van der Waals surface area contributed by atoms with Crippen molar-refractivity contribution < 1.29 is 0 Å². The van der Waals surface area contributed by atoms with Gasteiger partial charge in [0.2, 0.25) is 0 Å². The van der Waals surface area contributed by atoms with Crippen molar-refractivity contribution in [3.05, 3.63) is 53.3 Å². The van der Waals surface area contributed by atoms with Crippen LogP contribution in [0.15, 0.2) is 36.7 Å². The van der Waals surface area contributed by atoms with E-state index in [1.165, 1.54) is 16.7 Å². The van der Waals surface area contributed by atoms with Crippen molar-refractivity contribution in [1.82, 2.24) is 9.78 Å². The van der Waals surface area contributed by atoms with Gasteiger partial charge >= 0.3 is 0 Å². The summed E-state index contributed by atoms with van der Waals surface area (Å²) < 4.78 is 1.86. The van der Waals surface area contributed by atoms with Crippen molar-refractivity contribution in [3.63, 3.8) is 0 Å². The topological polar surface area (TPSA) is 17.8 Å². The third-order valence-electron chi connectivity index (χ3n) is 2.94. The van der Waals surface area contributed by atoms with Crippen LogP contribution in [-0.2, 0) is 13.5 Å². The van der Waals surface area contributed by atoms with E-state index >= 15 is 0 Å². The minimum Gasteiger partial charge on any atom is -0.276 e. The molecule has 1 unspecified atom stereocenters. The maximum Gasteiger partial charge on any atom is 0.0521 e. The van der Waals surface area contributed by atoms with Gasteiger partial charge in [-0.05, 0) is 30.4 Å². The molecule has 0 N–H and O–H groups in total. The summed E-state index contributed by atoms with van der Waals surface area (Å²) in [5.41, 5.74) is 4.00. The molecule has 0 bridgehead atoms. The summed E-state index contributed by atoms with van der Waals surface area (Å²) in [6, 6.07) is 8.74. The van der Waals surface area contributed by atoms with Crippen molar-refractivity contribution in [2.24, 2.45) is 7.05 Å². The highest BCUT2D eigenvalue weighted by atomic mass is 79.9. The van der Waals surface area contributed by atoms with E-state index < -0.39 is 0 Å². The average molecular weight is 293 g/mol. The van der Waals surface area contributed by atoms with Crippen LogP contribution >= 0.6 is 15.9 Å². The highest BCUT2D eigenvalue weighted by Crippen LogP contribution is 2.23. The first-order chi connectivity index (χ1) is 8.19. The number of alkyl halides is 1. The second-order valence-corrected chi connectivity index (χ2v) is 5.14. The Hall–Kier alpha value is -1.09. The van der Waals surface area contributed by atoms with Crippen LogP contribution in [0.2, 0.25) is 0 Å². The summed E-state index contributed by atoms with van der Waals surface area (Å²) in [5, 5.41) is 5.19. The lowest BCUT2D eigenvalue weighted by molar-refractivity contribution is 0.757. The first-order valence-electron chi connectivity index (χ1n) is 5.79. The minimum atomic E-state index is 0.513. The molecule has 0 fully saturated rings. The molecule has 2 nitrogen and oxygen atoms in total. The zero-order valence-corrected chi connectivity index (χ0v) is 11.8. The molecule has 2 rings (SSSR count). The van der Waals surface area contributed by atoms with Crippen molar-refractivity contribution in [2.75, 3.05) is 5.33 Å². The quantitative estimate of drug-likeness (QED) is 0.789. The summed E-state index contributed by atoms with van der Waals surface area (Å²) in [6.07, 6.45) is 5.07. The predicted molar refractivity (Wildman–Crippen MR) is 74.6 cm³/mol. The predicted octanol–water partition coefficient (Wildman–Crippen LogP) is 3.45. The van der Waals surface area contributed by atoms with E-state index in [4.69, 9.17) is 0 Å². The van der Waals surface area contributed by atoms with Crippen molar-refractivity contribution >= 4 is 15.9 Å². The maximum atomic E-state index is 4.22. The number of nitrogens with zero attached hydrogens (tertiary/aromatic N) is 2. The summed E-state index contributed by atoms with van der Waals surface area (Å²) in [4.78, 5) is 0. The van der Waals surface area contributed by atoms with Gasteiger partial charge in [0, 0.05) is 18.6 Å². The van der Waals surface area contributed by atoms with Gasteiger partial charge in [-0.1, -0.05) is 45.8 Å². The van der Waals surface area contributed by atoms with Gasteiger partial charge in [0.15, 0.2) is 0 Å². The first kappa shape index (κ1) is 12.4. The molecule has 0 aliphatic heterocycles. The highest BCUT2D eigenvalue weighted by molar-refractivity contribution is 9.09. The lowest BCUT2D eigenvalue weighted by Crippen LogP contribution is -2.04. The summed E-state index contributed by atoms with van der Waals surface area (Å²) in [7, 11) is 1.96. The molecule has 1 atom stereocenters. The van der Waals surface area contributed by atoms with E-state index in [-0.39, 0.29) is 0 Å². The van der Waals surface area contributed by atoms with Gasteiger partial charge in [-0.25, -0.2) is 0 Å². The minimum absolute atomic E-state index is 0.513. The standard InChI is InChI=1S/C14H17BrN2/c1-11-4-3-5-13(6-11)14(8-15)7-12-9-16-17(2)10-12/h3-6,9-10,14H,7-8H2,1-2H3. The molecule has 0 saturated heterocycles. The van der Waals surface area contributed by atoms with Gasteiger partial charge in [-0.3, -0.25) is 4.68 Å². The van der Waals surface area contributed by atoms with E-state index in [1.807, 2.05) is 17.9 Å². The molecule has 0 aliphatic rings. The van der Waals surface area contributed by atoms with Crippen LogP contribution in [0.25, 0.3) is 0 Å². The molecular formula is C14H17BrN2. The Morgan fingerprint density at radius 3 is 2.82 bits per heavy atom. The van der Waals surface area contributed by atoms with E-state index in [2.05, 4.69) is 58.4 Å². The number of hydrogen-bond donors (Lipinski definition) is 0. The fourth-order valence-corrected chi connectivity index (χ4v) is 2.65. The second-order valence-electron chi connectivity index (χ2n) is 4.49. The molecule has 3 heteroatoms. The molecular weight excluding hydrogens is 276 g/mol. The number of aromatic nitrogens is 2. The fourth-order valence-electron chi connectivity index (χ4n) is 2.05. The zero-order valence-electron chi connectivity index (χ0n) is 10.2. The first-order valence-corrected chi connectivity index (χ1v) is 6.91. The van der Waals surface area contributed by atoms with E-state index in [9.17, 15) is 0 Å².